The SMILES string of the molecule is CCNC(=NCc1cc(OC)c(O)c(OC)c1)NCC(C)(C)c1cccs1.I. The summed E-state index contributed by atoms with van der Waals surface area (Å²) in [6.45, 7) is 8.43. The maximum Gasteiger partial charge on any atom is 0.200 e. The zero-order valence-corrected chi connectivity index (χ0v) is 20.2. The molecule has 1 aromatic carbocycles. The van der Waals surface area contributed by atoms with Gasteiger partial charge in [-0.1, -0.05) is 19.9 Å². The first kappa shape index (κ1) is 24.4. The van der Waals surface area contributed by atoms with Crippen molar-refractivity contribution in [2.45, 2.75) is 32.7 Å². The van der Waals surface area contributed by atoms with Crippen LogP contribution >= 0.6 is 35.3 Å². The molecule has 0 spiro atoms. The molecule has 0 aliphatic rings. The average Bonchev–Trinajstić information content (AvgIpc) is 3.20. The zero-order valence-electron chi connectivity index (χ0n) is 17.0. The number of halogens is 1. The van der Waals surface area contributed by atoms with Gasteiger partial charge in [0.05, 0.1) is 20.8 Å². The van der Waals surface area contributed by atoms with Crippen LogP contribution in [0.25, 0.3) is 0 Å². The molecule has 0 aliphatic carbocycles. The Balaban J connectivity index is 0.00000392. The number of rotatable bonds is 8. The summed E-state index contributed by atoms with van der Waals surface area (Å²) in [6.07, 6.45) is 0. The lowest BCUT2D eigenvalue weighted by Crippen LogP contribution is -2.43. The maximum atomic E-state index is 10.0. The van der Waals surface area contributed by atoms with Crippen molar-refractivity contribution in [3.05, 3.63) is 40.1 Å². The van der Waals surface area contributed by atoms with Crippen molar-refractivity contribution in [2.24, 2.45) is 4.99 Å². The second kappa shape index (κ2) is 11.4. The van der Waals surface area contributed by atoms with Crippen molar-refractivity contribution < 1.29 is 14.6 Å². The number of phenols is 1. The van der Waals surface area contributed by atoms with Crippen LogP contribution < -0.4 is 20.1 Å². The molecule has 0 unspecified atom stereocenters. The minimum atomic E-state index is -0.00420. The lowest BCUT2D eigenvalue weighted by Gasteiger charge is -2.25. The highest BCUT2D eigenvalue weighted by atomic mass is 127. The molecule has 2 aromatic rings. The first-order valence-electron chi connectivity index (χ1n) is 8.91. The molecule has 0 radical (unpaired) electrons. The molecule has 0 atom stereocenters. The Hall–Kier alpha value is -1.68. The Morgan fingerprint density at radius 2 is 1.82 bits per heavy atom. The summed E-state index contributed by atoms with van der Waals surface area (Å²) >= 11 is 1.76. The molecule has 0 amide bonds. The predicted molar refractivity (Wildman–Crippen MR) is 127 cm³/mol. The number of aliphatic imine (C=N–C) groups is 1. The van der Waals surface area contributed by atoms with E-state index in [0.717, 1.165) is 24.6 Å². The van der Waals surface area contributed by atoms with Crippen molar-refractivity contribution in [3.8, 4) is 17.2 Å². The summed E-state index contributed by atoms with van der Waals surface area (Å²) in [6, 6.07) is 7.76. The standard InChI is InChI=1S/C20H29N3O3S.HI/c1-6-21-19(23-13-20(2,3)17-8-7-9-27-17)22-12-14-10-15(25-4)18(24)16(11-14)26-5;/h7-11,24H,6,12-13H2,1-5H3,(H2,21,22,23);1H. The van der Waals surface area contributed by atoms with Crippen molar-refractivity contribution in [3.63, 3.8) is 0 Å². The van der Waals surface area contributed by atoms with E-state index in [4.69, 9.17) is 9.47 Å². The fourth-order valence-corrected chi connectivity index (χ4v) is 3.46. The second-order valence-electron chi connectivity index (χ2n) is 6.76. The normalized spacial score (nSPS) is 11.5. The van der Waals surface area contributed by atoms with Gasteiger partial charge in [0.1, 0.15) is 0 Å². The van der Waals surface area contributed by atoms with Crippen molar-refractivity contribution in [1.82, 2.24) is 10.6 Å². The van der Waals surface area contributed by atoms with E-state index in [1.54, 1.807) is 23.5 Å². The lowest BCUT2D eigenvalue weighted by atomic mass is 9.91. The van der Waals surface area contributed by atoms with Crippen molar-refractivity contribution in [2.75, 3.05) is 27.3 Å². The third kappa shape index (κ3) is 6.44. The monoisotopic (exact) mass is 519 g/mol. The predicted octanol–water partition coefficient (Wildman–Crippen LogP) is 4.12. The Kier molecular flexibility index (Phi) is 9.88. The minimum absolute atomic E-state index is 0. The number of ether oxygens (including phenoxy) is 2. The van der Waals surface area contributed by atoms with Gasteiger partial charge in [-0.2, -0.15) is 0 Å². The molecule has 6 nitrogen and oxygen atoms in total. The first-order valence-corrected chi connectivity index (χ1v) is 9.79. The van der Waals surface area contributed by atoms with Crippen molar-refractivity contribution >= 4 is 41.3 Å². The third-order valence-corrected chi connectivity index (χ3v) is 5.43. The van der Waals surface area contributed by atoms with Crippen LogP contribution in [0.1, 0.15) is 31.2 Å². The van der Waals surface area contributed by atoms with Crippen LogP contribution in [0.2, 0.25) is 0 Å². The number of methoxy groups -OCH3 is 2. The first-order chi connectivity index (χ1) is 12.9. The molecule has 1 heterocycles. The number of thiophene rings is 1. The lowest BCUT2D eigenvalue weighted by molar-refractivity contribution is 0.339. The van der Waals surface area contributed by atoms with Crippen molar-refractivity contribution in [1.29, 1.82) is 0 Å². The van der Waals surface area contributed by atoms with E-state index in [9.17, 15) is 5.11 Å². The molecule has 0 saturated heterocycles. The number of benzene rings is 1. The molecule has 156 valence electrons. The van der Waals surface area contributed by atoms with Gasteiger partial charge in [-0.3, -0.25) is 0 Å². The van der Waals surface area contributed by atoms with Crippen LogP contribution in [0, 0.1) is 0 Å². The zero-order chi connectivity index (χ0) is 19.9. The topological polar surface area (TPSA) is 75.1 Å². The van der Waals surface area contributed by atoms with Gasteiger partial charge in [0.2, 0.25) is 5.75 Å². The van der Waals surface area contributed by atoms with Crippen LogP contribution in [-0.2, 0) is 12.0 Å². The van der Waals surface area contributed by atoms with Gasteiger partial charge in [-0.25, -0.2) is 4.99 Å². The molecule has 8 heteroatoms. The number of hydrogen-bond donors (Lipinski definition) is 3. The van der Waals surface area contributed by atoms with Gasteiger partial charge >= 0.3 is 0 Å². The fraction of sp³-hybridized carbons (Fsp3) is 0.450. The fourth-order valence-electron chi connectivity index (χ4n) is 2.61. The Morgan fingerprint density at radius 1 is 1.18 bits per heavy atom. The summed E-state index contributed by atoms with van der Waals surface area (Å²) in [4.78, 5) is 5.99. The molecule has 0 saturated carbocycles. The molecular weight excluding hydrogens is 489 g/mol. The van der Waals surface area contributed by atoms with Gasteiger partial charge in [0.25, 0.3) is 0 Å². The van der Waals surface area contributed by atoms with Gasteiger partial charge in [0.15, 0.2) is 17.5 Å². The van der Waals surface area contributed by atoms with E-state index in [1.165, 1.54) is 19.1 Å². The molecular formula is C20H30IN3O3S. The summed E-state index contributed by atoms with van der Waals surface area (Å²) in [5.74, 6) is 1.48. The molecule has 28 heavy (non-hydrogen) atoms. The Bertz CT molecular complexity index is 739. The molecule has 2 rings (SSSR count). The molecule has 0 aliphatic heterocycles. The number of nitrogens with zero attached hydrogens (tertiary/aromatic N) is 1. The number of nitrogens with one attached hydrogen (secondary N) is 2. The summed E-state index contributed by atoms with van der Waals surface area (Å²) in [7, 11) is 3.03. The summed E-state index contributed by atoms with van der Waals surface area (Å²) in [5.41, 5.74) is 0.895. The van der Waals surface area contributed by atoms with E-state index in [2.05, 4.69) is 47.0 Å². The maximum absolute atomic E-state index is 10.0. The van der Waals surface area contributed by atoms with Gasteiger partial charge in [-0.05, 0) is 36.1 Å². The van der Waals surface area contributed by atoms with Gasteiger partial charge in [0, 0.05) is 23.4 Å². The highest BCUT2D eigenvalue weighted by Gasteiger charge is 2.22. The third-order valence-electron chi connectivity index (χ3n) is 4.19. The Morgan fingerprint density at radius 3 is 2.32 bits per heavy atom. The quantitative estimate of drug-likeness (QED) is 0.278. The van der Waals surface area contributed by atoms with E-state index in [1.807, 2.05) is 6.92 Å². The Labute approximate surface area is 188 Å². The van der Waals surface area contributed by atoms with Crippen LogP contribution in [0.3, 0.4) is 0 Å². The molecule has 3 N–H and O–H groups in total. The number of guanidine groups is 1. The smallest absolute Gasteiger partial charge is 0.200 e. The molecule has 0 fully saturated rings. The van der Waals surface area contributed by atoms with Crippen LogP contribution in [0.15, 0.2) is 34.6 Å². The largest absolute Gasteiger partial charge is 0.502 e. The molecule has 1 aromatic heterocycles. The van der Waals surface area contributed by atoms with E-state index in [-0.39, 0.29) is 35.1 Å². The van der Waals surface area contributed by atoms with E-state index < -0.39 is 0 Å². The molecule has 0 bridgehead atoms. The van der Waals surface area contributed by atoms with E-state index >= 15 is 0 Å². The van der Waals surface area contributed by atoms with Crippen LogP contribution in [-0.4, -0.2) is 38.4 Å². The number of phenolic OH excluding ortho intramolecular Hbond substituents is 1. The minimum Gasteiger partial charge on any atom is -0.502 e. The second-order valence-corrected chi connectivity index (χ2v) is 7.71. The van der Waals surface area contributed by atoms with Gasteiger partial charge < -0.3 is 25.2 Å². The van der Waals surface area contributed by atoms with Crippen LogP contribution in [0.4, 0.5) is 0 Å². The summed E-state index contributed by atoms with van der Waals surface area (Å²) in [5, 5.41) is 18.8. The number of aromatic hydroxyl groups is 1. The summed E-state index contributed by atoms with van der Waals surface area (Å²) < 4.78 is 10.4. The van der Waals surface area contributed by atoms with Gasteiger partial charge in [-0.15, -0.1) is 35.3 Å². The highest BCUT2D eigenvalue weighted by molar-refractivity contribution is 14.0. The average molecular weight is 519 g/mol. The van der Waals surface area contributed by atoms with Crippen LogP contribution in [0.5, 0.6) is 17.2 Å². The number of hydrogen-bond acceptors (Lipinski definition) is 5. The van der Waals surface area contributed by atoms with E-state index in [0.29, 0.717) is 18.0 Å². The highest BCUT2D eigenvalue weighted by Crippen LogP contribution is 2.37.